The number of aryl methyl sites for hydroxylation is 3. The van der Waals surface area contributed by atoms with E-state index in [2.05, 4.69) is 63.2 Å². The van der Waals surface area contributed by atoms with Gasteiger partial charge < -0.3 is 14.6 Å². The van der Waals surface area contributed by atoms with Gasteiger partial charge in [0.1, 0.15) is 6.04 Å². The van der Waals surface area contributed by atoms with Crippen LogP contribution in [0.15, 0.2) is 41.2 Å². The minimum Gasteiger partial charge on any atom is -0.376 e. The second kappa shape index (κ2) is 10.7. The molecule has 39 heavy (non-hydrogen) atoms. The Bertz CT molecular complexity index is 1550. The fraction of sp³-hybridized carbons (Fsp3) is 0.448. The number of hydrogen-bond donors (Lipinski definition) is 1. The number of rotatable bonds is 6. The summed E-state index contributed by atoms with van der Waals surface area (Å²) in [5, 5.41) is 14.6. The Morgan fingerprint density at radius 3 is 2.62 bits per heavy atom. The molecule has 6 rings (SSSR count). The van der Waals surface area contributed by atoms with Gasteiger partial charge in [0.05, 0.1) is 12.6 Å². The smallest absolute Gasteiger partial charge is 0.253 e. The largest absolute Gasteiger partial charge is 0.376 e. The van der Waals surface area contributed by atoms with Gasteiger partial charge in [-0.2, -0.15) is 0 Å². The van der Waals surface area contributed by atoms with Crippen LogP contribution in [0, 0.1) is 20.8 Å². The van der Waals surface area contributed by atoms with Gasteiger partial charge in [-0.1, -0.05) is 17.7 Å². The van der Waals surface area contributed by atoms with E-state index in [1.807, 2.05) is 28.9 Å². The summed E-state index contributed by atoms with van der Waals surface area (Å²) in [4.78, 5) is 21.4. The third-order valence-electron chi connectivity index (χ3n) is 8.18. The molecule has 2 aliphatic rings. The molecule has 4 heterocycles. The number of nitrogens with one attached hydrogen (secondary N) is 1. The number of nitrogens with zero attached hydrogens (tertiary/aromatic N) is 6. The number of piperazine rings is 1. The molecule has 10 heteroatoms. The van der Waals surface area contributed by atoms with E-state index in [0.29, 0.717) is 17.9 Å². The molecule has 0 bridgehead atoms. The number of benzene rings is 2. The summed E-state index contributed by atoms with van der Waals surface area (Å²) in [5.41, 5.74) is 6.06. The van der Waals surface area contributed by atoms with E-state index < -0.39 is 6.04 Å². The number of hydrogen-bond acceptors (Lipinski definition) is 7. The predicted octanol–water partition coefficient (Wildman–Crippen LogP) is 4.18. The number of fused-ring (bicyclic) bond motifs is 1. The van der Waals surface area contributed by atoms with Crippen molar-refractivity contribution in [3.63, 3.8) is 0 Å². The van der Waals surface area contributed by atoms with Gasteiger partial charge in [-0.25, -0.2) is 4.68 Å². The maximum absolute atomic E-state index is 13.6. The molecule has 0 unspecified atom stereocenters. The van der Waals surface area contributed by atoms with Gasteiger partial charge in [-0.05, 0) is 96.4 Å². The minimum atomic E-state index is -0.390. The Labute approximate surface area is 232 Å². The monoisotopic (exact) mass is 547 g/mol. The third kappa shape index (κ3) is 5.18. The van der Waals surface area contributed by atoms with E-state index in [-0.39, 0.29) is 11.7 Å². The first-order valence-corrected chi connectivity index (χ1v) is 14.0. The molecule has 2 aliphatic heterocycles. The van der Waals surface area contributed by atoms with Crippen molar-refractivity contribution in [3.8, 4) is 0 Å². The van der Waals surface area contributed by atoms with Crippen molar-refractivity contribution in [1.82, 2.24) is 30.1 Å². The van der Waals surface area contributed by atoms with Crippen molar-refractivity contribution in [2.45, 2.75) is 52.3 Å². The van der Waals surface area contributed by atoms with Gasteiger partial charge >= 0.3 is 0 Å². The van der Waals surface area contributed by atoms with Crippen LogP contribution in [0.4, 0.5) is 5.69 Å². The van der Waals surface area contributed by atoms with Gasteiger partial charge in [0.15, 0.2) is 5.82 Å². The fourth-order valence-corrected chi connectivity index (χ4v) is 6.03. The lowest BCUT2D eigenvalue weighted by atomic mass is 10.00. The summed E-state index contributed by atoms with van der Waals surface area (Å²) in [7, 11) is 0. The van der Waals surface area contributed by atoms with E-state index in [0.717, 1.165) is 72.8 Å². The molecule has 0 saturated carbocycles. The van der Waals surface area contributed by atoms with Gasteiger partial charge in [0, 0.05) is 54.6 Å². The summed E-state index contributed by atoms with van der Waals surface area (Å²) in [6, 6.07) is 11.8. The Balaban J connectivity index is 1.38. The molecular formula is C29H34ClN7O2. The van der Waals surface area contributed by atoms with Crippen LogP contribution in [0.5, 0.6) is 0 Å². The van der Waals surface area contributed by atoms with Gasteiger partial charge in [0.25, 0.3) is 5.56 Å². The molecule has 2 saturated heterocycles. The Morgan fingerprint density at radius 2 is 1.85 bits per heavy atom. The first-order chi connectivity index (χ1) is 18.9. The van der Waals surface area contributed by atoms with E-state index in [1.54, 1.807) is 0 Å². The first-order valence-electron chi connectivity index (χ1n) is 13.6. The average molecular weight is 548 g/mol. The van der Waals surface area contributed by atoms with Crippen LogP contribution in [-0.2, 0) is 11.3 Å². The second-order valence-corrected chi connectivity index (χ2v) is 11.2. The van der Waals surface area contributed by atoms with E-state index >= 15 is 0 Å². The number of ether oxygens (including phenoxy) is 1. The quantitative estimate of drug-likeness (QED) is 0.387. The Morgan fingerprint density at radius 1 is 1.05 bits per heavy atom. The molecule has 2 atom stereocenters. The molecule has 0 spiro atoms. The van der Waals surface area contributed by atoms with Gasteiger partial charge in [-0.3, -0.25) is 9.69 Å². The summed E-state index contributed by atoms with van der Waals surface area (Å²) < 4.78 is 7.72. The summed E-state index contributed by atoms with van der Waals surface area (Å²) in [5.74, 6) is 0.673. The average Bonchev–Trinajstić information content (AvgIpc) is 3.61. The van der Waals surface area contributed by atoms with Crippen LogP contribution in [-0.4, -0.2) is 69.0 Å². The van der Waals surface area contributed by atoms with Crippen molar-refractivity contribution in [2.75, 3.05) is 37.7 Å². The van der Waals surface area contributed by atoms with Crippen LogP contribution < -0.4 is 10.5 Å². The molecule has 2 aromatic heterocycles. The van der Waals surface area contributed by atoms with Crippen LogP contribution in [0.2, 0.25) is 5.02 Å². The predicted molar refractivity (Wildman–Crippen MR) is 153 cm³/mol. The maximum Gasteiger partial charge on any atom is 0.253 e. The lowest BCUT2D eigenvalue weighted by Crippen LogP contribution is -2.49. The molecule has 1 N–H and O–H groups in total. The first kappa shape index (κ1) is 26.0. The Hall–Kier alpha value is -3.27. The summed E-state index contributed by atoms with van der Waals surface area (Å²) in [6.07, 6.45) is 2.10. The van der Waals surface area contributed by atoms with Crippen molar-refractivity contribution in [2.24, 2.45) is 0 Å². The lowest BCUT2D eigenvalue weighted by molar-refractivity contribution is 0.0906. The van der Waals surface area contributed by atoms with E-state index in [9.17, 15) is 4.79 Å². The number of tetrazole rings is 1. The molecule has 2 fully saturated rings. The fourth-order valence-electron chi connectivity index (χ4n) is 5.86. The SMILES string of the molecule is Cc1cc2cc([C@H](c3nnnn3C[C@@H]3CCCO3)N3CCN(c4cc(Cl)ccc4C)CC3)c(=O)[nH]c2cc1C. The minimum absolute atomic E-state index is 0.0797. The van der Waals surface area contributed by atoms with Crippen LogP contribution >= 0.6 is 11.6 Å². The molecule has 9 nitrogen and oxygen atoms in total. The number of H-pyrrole nitrogens is 1. The van der Waals surface area contributed by atoms with Crippen molar-refractivity contribution < 1.29 is 4.74 Å². The lowest BCUT2D eigenvalue weighted by Gasteiger charge is -2.40. The zero-order chi connectivity index (χ0) is 27.1. The highest BCUT2D eigenvalue weighted by atomic mass is 35.5. The van der Waals surface area contributed by atoms with E-state index in [4.69, 9.17) is 16.3 Å². The zero-order valence-corrected chi connectivity index (χ0v) is 23.4. The number of pyridine rings is 1. The van der Waals surface area contributed by atoms with Crippen molar-refractivity contribution in [3.05, 3.63) is 79.9 Å². The molecule has 0 aliphatic carbocycles. The highest BCUT2D eigenvalue weighted by molar-refractivity contribution is 6.30. The normalized spacial score (nSPS) is 19.2. The number of aromatic nitrogens is 5. The molecule has 2 aromatic carbocycles. The van der Waals surface area contributed by atoms with Gasteiger partial charge in [0.2, 0.25) is 0 Å². The molecule has 0 radical (unpaired) electrons. The molecule has 4 aromatic rings. The van der Waals surface area contributed by atoms with Crippen molar-refractivity contribution in [1.29, 1.82) is 0 Å². The van der Waals surface area contributed by atoms with Crippen LogP contribution in [0.25, 0.3) is 10.9 Å². The number of halogens is 1. The second-order valence-electron chi connectivity index (χ2n) is 10.8. The standard InChI is InChI=1S/C29H34ClN7O2/c1-18-6-7-22(30)16-26(18)35-8-10-36(11-9-35)27(28-32-33-34-37(28)17-23-5-4-12-39-23)24-15-21-13-19(2)20(3)14-25(21)31-29(24)38/h6-7,13-16,23,27H,4-5,8-12,17H2,1-3H3,(H,31,38)/t23-,27+/m0/s1. The Kier molecular flexibility index (Phi) is 7.14. The topological polar surface area (TPSA) is 92.2 Å². The zero-order valence-electron chi connectivity index (χ0n) is 22.7. The maximum atomic E-state index is 13.6. The van der Waals surface area contributed by atoms with Crippen molar-refractivity contribution >= 4 is 28.2 Å². The number of aromatic amines is 1. The van der Waals surface area contributed by atoms with E-state index in [1.165, 1.54) is 11.1 Å². The summed E-state index contributed by atoms with van der Waals surface area (Å²) in [6.45, 7) is 10.7. The molecule has 0 amide bonds. The summed E-state index contributed by atoms with van der Waals surface area (Å²) >= 11 is 6.33. The molecular weight excluding hydrogens is 514 g/mol. The highest BCUT2D eigenvalue weighted by Crippen LogP contribution is 2.31. The number of anilines is 1. The molecule has 204 valence electrons. The third-order valence-corrected chi connectivity index (χ3v) is 8.41. The highest BCUT2D eigenvalue weighted by Gasteiger charge is 2.34. The van der Waals surface area contributed by atoms with Gasteiger partial charge in [-0.15, -0.1) is 5.10 Å². The van der Waals surface area contributed by atoms with Crippen LogP contribution in [0.1, 0.15) is 47.0 Å². The van der Waals surface area contributed by atoms with Crippen LogP contribution in [0.3, 0.4) is 0 Å².